The molecule has 2 aromatic rings. The van der Waals surface area contributed by atoms with Gasteiger partial charge in [-0.15, -0.1) is 0 Å². The van der Waals surface area contributed by atoms with Crippen LogP contribution in [0.5, 0.6) is 0 Å². The Bertz CT molecular complexity index is 560. The zero-order valence-corrected chi connectivity index (χ0v) is 9.60. The van der Waals surface area contributed by atoms with Crippen LogP contribution in [0.3, 0.4) is 0 Å². The molecule has 0 spiro atoms. The number of hydrogen-bond donors (Lipinski definition) is 1. The monoisotopic (exact) mass is 218 g/mol. The largest absolute Gasteiger partial charge is 0.331 e. The number of aromatic amines is 1. The van der Waals surface area contributed by atoms with Gasteiger partial charge in [0.05, 0.1) is 11.0 Å². The normalized spacial score (nSPS) is 16.9. The number of imidazole rings is 1. The van der Waals surface area contributed by atoms with Gasteiger partial charge in [0.25, 0.3) is 0 Å². The third-order valence-corrected chi connectivity index (χ3v) is 3.61. The summed E-state index contributed by atoms with van der Waals surface area (Å²) in [5.41, 5.74) is 3.71. The van der Waals surface area contributed by atoms with Crippen LogP contribution in [0.15, 0.2) is 18.2 Å². The molecule has 0 radical (unpaired) electrons. The van der Waals surface area contributed by atoms with Gasteiger partial charge in [-0.05, 0) is 56.1 Å². The molecule has 1 aromatic carbocycles. The van der Waals surface area contributed by atoms with Crippen LogP contribution < -0.4 is 0 Å². The Balaban J connectivity index is 2.27. The number of benzene rings is 1. The molecule has 3 heteroatoms. The third kappa shape index (κ3) is 1.34. The number of fused-ring (bicyclic) bond motifs is 1. The van der Waals surface area contributed by atoms with E-state index in [4.69, 9.17) is 12.2 Å². The van der Waals surface area contributed by atoms with Crippen molar-refractivity contribution in [2.45, 2.75) is 32.2 Å². The van der Waals surface area contributed by atoms with Crippen LogP contribution in [0.25, 0.3) is 11.0 Å². The van der Waals surface area contributed by atoms with E-state index >= 15 is 0 Å². The van der Waals surface area contributed by atoms with E-state index in [0.717, 1.165) is 4.77 Å². The Kier molecular flexibility index (Phi) is 1.96. The van der Waals surface area contributed by atoms with Crippen molar-refractivity contribution in [3.05, 3.63) is 28.5 Å². The molecule has 15 heavy (non-hydrogen) atoms. The summed E-state index contributed by atoms with van der Waals surface area (Å²) in [5, 5.41) is 0. The van der Waals surface area contributed by atoms with Gasteiger partial charge in [-0.3, -0.25) is 0 Å². The molecule has 1 heterocycles. The number of H-pyrrole nitrogens is 1. The number of hydrogen-bond acceptors (Lipinski definition) is 1. The second-order valence-corrected chi connectivity index (χ2v) is 4.79. The quantitative estimate of drug-likeness (QED) is 0.723. The SMILES string of the molecule is Cc1ccc2c(c1)[nH]c(=S)n2C1CCC1. The number of nitrogens with one attached hydrogen (secondary N) is 1. The molecule has 2 nitrogen and oxygen atoms in total. The van der Waals surface area contributed by atoms with Gasteiger partial charge >= 0.3 is 0 Å². The van der Waals surface area contributed by atoms with E-state index in [2.05, 4.69) is 34.7 Å². The standard InChI is InChI=1S/C12H14N2S/c1-8-5-6-11-10(7-8)13-12(15)14(11)9-3-2-4-9/h5-7,9H,2-4H2,1H3,(H,13,15). The number of nitrogens with zero attached hydrogens (tertiary/aromatic N) is 1. The molecule has 0 unspecified atom stereocenters. The molecule has 1 aliphatic rings. The molecule has 0 amide bonds. The summed E-state index contributed by atoms with van der Waals surface area (Å²) >= 11 is 5.38. The Morgan fingerprint density at radius 3 is 2.87 bits per heavy atom. The van der Waals surface area contributed by atoms with Gasteiger partial charge in [0, 0.05) is 6.04 Å². The first-order chi connectivity index (χ1) is 7.25. The average molecular weight is 218 g/mol. The fourth-order valence-corrected chi connectivity index (χ4v) is 2.61. The van der Waals surface area contributed by atoms with Crippen LogP contribution in [0.2, 0.25) is 0 Å². The molecular formula is C12H14N2S. The maximum atomic E-state index is 5.38. The van der Waals surface area contributed by atoms with Crippen LogP contribution >= 0.6 is 12.2 Å². The van der Waals surface area contributed by atoms with Gasteiger partial charge in [0.15, 0.2) is 4.77 Å². The Morgan fingerprint density at radius 2 is 2.20 bits per heavy atom. The topological polar surface area (TPSA) is 20.7 Å². The molecule has 1 aromatic heterocycles. The lowest BCUT2D eigenvalue weighted by atomic mass is 9.93. The molecule has 0 saturated heterocycles. The second kappa shape index (κ2) is 3.20. The third-order valence-electron chi connectivity index (χ3n) is 3.31. The van der Waals surface area contributed by atoms with E-state index in [-0.39, 0.29) is 0 Å². The lowest BCUT2D eigenvalue weighted by molar-refractivity contribution is 0.318. The molecular weight excluding hydrogens is 204 g/mol. The van der Waals surface area contributed by atoms with Crippen molar-refractivity contribution in [3.63, 3.8) is 0 Å². The zero-order valence-electron chi connectivity index (χ0n) is 8.79. The molecule has 1 aliphatic carbocycles. The van der Waals surface area contributed by atoms with Crippen molar-refractivity contribution < 1.29 is 0 Å². The summed E-state index contributed by atoms with van der Waals surface area (Å²) in [6.45, 7) is 2.11. The fraction of sp³-hybridized carbons (Fsp3) is 0.417. The van der Waals surface area contributed by atoms with Crippen molar-refractivity contribution in [2.75, 3.05) is 0 Å². The Morgan fingerprint density at radius 1 is 1.40 bits per heavy atom. The van der Waals surface area contributed by atoms with Crippen LogP contribution in [-0.4, -0.2) is 9.55 Å². The predicted octanol–water partition coefficient (Wildman–Crippen LogP) is 3.73. The van der Waals surface area contributed by atoms with E-state index in [1.807, 2.05) is 0 Å². The van der Waals surface area contributed by atoms with Gasteiger partial charge in [-0.25, -0.2) is 0 Å². The van der Waals surface area contributed by atoms with Gasteiger partial charge in [-0.1, -0.05) is 6.07 Å². The lowest BCUT2D eigenvalue weighted by Gasteiger charge is -2.27. The Labute approximate surface area is 93.9 Å². The summed E-state index contributed by atoms with van der Waals surface area (Å²) in [6.07, 6.45) is 3.88. The fourth-order valence-electron chi connectivity index (χ4n) is 2.25. The summed E-state index contributed by atoms with van der Waals surface area (Å²) in [5.74, 6) is 0. The zero-order chi connectivity index (χ0) is 10.4. The van der Waals surface area contributed by atoms with Crippen molar-refractivity contribution in [1.29, 1.82) is 0 Å². The summed E-state index contributed by atoms with van der Waals surface area (Å²) in [6, 6.07) is 7.13. The predicted molar refractivity (Wildman–Crippen MR) is 64.7 cm³/mol. The lowest BCUT2D eigenvalue weighted by Crippen LogP contribution is -2.16. The minimum atomic E-state index is 0.633. The number of aryl methyl sites for hydroxylation is 1. The molecule has 0 atom stereocenters. The molecule has 3 rings (SSSR count). The van der Waals surface area contributed by atoms with Crippen LogP contribution in [0.1, 0.15) is 30.9 Å². The van der Waals surface area contributed by atoms with Gasteiger partial charge in [0.2, 0.25) is 0 Å². The second-order valence-electron chi connectivity index (χ2n) is 4.41. The van der Waals surface area contributed by atoms with Crippen molar-refractivity contribution >= 4 is 23.3 Å². The molecule has 0 aliphatic heterocycles. The molecule has 0 bridgehead atoms. The first-order valence-electron chi connectivity index (χ1n) is 5.46. The minimum Gasteiger partial charge on any atom is -0.331 e. The summed E-state index contributed by atoms with van der Waals surface area (Å²) < 4.78 is 3.16. The van der Waals surface area contributed by atoms with E-state index in [1.54, 1.807) is 0 Å². The van der Waals surface area contributed by atoms with Crippen LogP contribution in [0, 0.1) is 11.7 Å². The van der Waals surface area contributed by atoms with E-state index in [9.17, 15) is 0 Å². The first kappa shape index (κ1) is 9.16. The number of rotatable bonds is 1. The highest BCUT2D eigenvalue weighted by atomic mass is 32.1. The molecule has 78 valence electrons. The van der Waals surface area contributed by atoms with Crippen molar-refractivity contribution in [3.8, 4) is 0 Å². The van der Waals surface area contributed by atoms with E-state index in [1.165, 1.54) is 35.9 Å². The molecule has 1 saturated carbocycles. The van der Waals surface area contributed by atoms with Gasteiger partial charge in [-0.2, -0.15) is 0 Å². The van der Waals surface area contributed by atoms with Gasteiger partial charge < -0.3 is 9.55 Å². The molecule has 1 fully saturated rings. The molecule has 1 N–H and O–H groups in total. The average Bonchev–Trinajstić information content (AvgIpc) is 2.40. The highest BCUT2D eigenvalue weighted by Gasteiger charge is 2.21. The highest BCUT2D eigenvalue weighted by molar-refractivity contribution is 7.71. The maximum absolute atomic E-state index is 5.38. The Hall–Kier alpha value is -1.09. The summed E-state index contributed by atoms with van der Waals surface area (Å²) in [7, 11) is 0. The first-order valence-corrected chi connectivity index (χ1v) is 5.87. The summed E-state index contributed by atoms with van der Waals surface area (Å²) in [4.78, 5) is 3.29. The highest BCUT2D eigenvalue weighted by Crippen LogP contribution is 2.34. The number of aromatic nitrogens is 2. The smallest absolute Gasteiger partial charge is 0.178 e. The van der Waals surface area contributed by atoms with Crippen molar-refractivity contribution in [1.82, 2.24) is 9.55 Å². The van der Waals surface area contributed by atoms with Crippen LogP contribution in [-0.2, 0) is 0 Å². The van der Waals surface area contributed by atoms with Crippen molar-refractivity contribution in [2.24, 2.45) is 0 Å². The van der Waals surface area contributed by atoms with E-state index in [0.29, 0.717) is 6.04 Å². The van der Waals surface area contributed by atoms with E-state index < -0.39 is 0 Å². The van der Waals surface area contributed by atoms with Crippen LogP contribution in [0.4, 0.5) is 0 Å². The minimum absolute atomic E-state index is 0.633. The van der Waals surface area contributed by atoms with Gasteiger partial charge in [0.1, 0.15) is 0 Å². The maximum Gasteiger partial charge on any atom is 0.178 e.